The summed E-state index contributed by atoms with van der Waals surface area (Å²) < 4.78 is 0. The summed E-state index contributed by atoms with van der Waals surface area (Å²) in [4.78, 5) is 0. The quantitative estimate of drug-likeness (QED) is 0.536. The van der Waals surface area contributed by atoms with Crippen molar-refractivity contribution in [3.63, 3.8) is 0 Å². The Morgan fingerprint density at radius 3 is 2.09 bits per heavy atom. The zero-order valence-corrected chi connectivity index (χ0v) is 7.65. The third kappa shape index (κ3) is 3.61. The molecule has 0 N–H and O–H groups in total. The fourth-order valence-electron chi connectivity index (χ4n) is 0.678. The van der Waals surface area contributed by atoms with Gasteiger partial charge in [0.2, 0.25) is 0 Å². The minimum absolute atomic E-state index is 1.03. The molecule has 0 radical (unpaired) electrons. The zero-order chi connectivity index (χ0) is 8.85. The van der Waals surface area contributed by atoms with Crippen molar-refractivity contribution >= 4 is 0 Å². The number of hydrogen-bond donors (Lipinski definition) is 0. The molecule has 0 nitrogen and oxygen atoms in total. The second-order valence-corrected chi connectivity index (χ2v) is 2.63. The first-order valence-electron chi connectivity index (χ1n) is 3.74. The van der Waals surface area contributed by atoms with E-state index in [1.807, 2.05) is 39.0 Å². The Hall–Kier alpha value is -1.04. The highest BCUT2D eigenvalue weighted by Crippen LogP contribution is 2.14. The van der Waals surface area contributed by atoms with Gasteiger partial charge in [-0.1, -0.05) is 37.0 Å². The van der Waals surface area contributed by atoms with Crippen LogP contribution in [0.4, 0.5) is 0 Å². The molecule has 0 aliphatic rings. The normalized spacial score (nSPS) is 12.1. The second-order valence-electron chi connectivity index (χ2n) is 2.63. The molecule has 0 amide bonds. The Morgan fingerprint density at radius 2 is 1.73 bits per heavy atom. The molecule has 11 heavy (non-hydrogen) atoms. The highest BCUT2D eigenvalue weighted by Gasteiger charge is 1.94. The fraction of sp³-hybridized carbons (Fsp3) is 0.273. The van der Waals surface area contributed by atoms with E-state index in [-0.39, 0.29) is 0 Å². The summed E-state index contributed by atoms with van der Waals surface area (Å²) in [5.74, 6) is 0. The van der Waals surface area contributed by atoms with Gasteiger partial charge in [0.25, 0.3) is 0 Å². The van der Waals surface area contributed by atoms with Crippen molar-refractivity contribution in [2.24, 2.45) is 0 Å². The van der Waals surface area contributed by atoms with Gasteiger partial charge in [-0.05, 0) is 31.9 Å². The lowest BCUT2D eigenvalue weighted by molar-refractivity contribution is 1.35. The summed E-state index contributed by atoms with van der Waals surface area (Å²) in [5.41, 5.74) is 3.24. The van der Waals surface area contributed by atoms with Crippen LogP contribution in [0.15, 0.2) is 48.1 Å². The van der Waals surface area contributed by atoms with E-state index in [0.717, 1.165) is 11.1 Å². The van der Waals surface area contributed by atoms with Gasteiger partial charge in [-0.3, -0.25) is 0 Å². The van der Waals surface area contributed by atoms with Crippen LogP contribution in [0.1, 0.15) is 20.8 Å². The van der Waals surface area contributed by atoms with Crippen LogP contribution in [0, 0.1) is 0 Å². The molecular weight excluding hydrogens is 132 g/mol. The van der Waals surface area contributed by atoms with Gasteiger partial charge in [-0.2, -0.15) is 0 Å². The van der Waals surface area contributed by atoms with Crippen LogP contribution in [0.2, 0.25) is 0 Å². The fourth-order valence-corrected chi connectivity index (χ4v) is 0.678. The summed E-state index contributed by atoms with van der Waals surface area (Å²) in [5, 5.41) is 0. The van der Waals surface area contributed by atoms with E-state index in [1.54, 1.807) is 0 Å². The van der Waals surface area contributed by atoms with Crippen LogP contribution >= 0.6 is 0 Å². The SMILES string of the molecule is C=C(C)C(=C)/C(C)=C\C=C/C. The van der Waals surface area contributed by atoms with Crippen molar-refractivity contribution in [1.29, 1.82) is 0 Å². The van der Waals surface area contributed by atoms with Gasteiger partial charge < -0.3 is 0 Å². The van der Waals surface area contributed by atoms with E-state index >= 15 is 0 Å². The molecule has 0 bridgehead atoms. The van der Waals surface area contributed by atoms with Gasteiger partial charge in [-0.15, -0.1) is 0 Å². The third-order valence-electron chi connectivity index (χ3n) is 1.53. The molecule has 0 saturated carbocycles. The Balaban J connectivity index is 4.36. The first-order valence-corrected chi connectivity index (χ1v) is 3.74. The summed E-state index contributed by atoms with van der Waals surface area (Å²) in [6.07, 6.45) is 6.04. The molecule has 0 aromatic heterocycles. The van der Waals surface area contributed by atoms with Gasteiger partial charge in [0.1, 0.15) is 0 Å². The van der Waals surface area contributed by atoms with E-state index in [4.69, 9.17) is 0 Å². The lowest BCUT2D eigenvalue weighted by Crippen LogP contribution is -1.82. The van der Waals surface area contributed by atoms with Gasteiger partial charge in [0, 0.05) is 0 Å². The molecule has 0 aliphatic carbocycles. The van der Waals surface area contributed by atoms with Crippen LogP contribution in [0.3, 0.4) is 0 Å². The molecule has 0 saturated heterocycles. The molecule has 0 rings (SSSR count). The highest BCUT2D eigenvalue weighted by atomic mass is 14.0. The van der Waals surface area contributed by atoms with E-state index in [9.17, 15) is 0 Å². The highest BCUT2D eigenvalue weighted by molar-refractivity contribution is 5.42. The van der Waals surface area contributed by atoms with Crippen LogP contribution in [0.25, 0.3) is 0 Å². The summed E-state index contributed by atoms with van der Waals surface area (Å²) in [6.45, 7) is 13.7. The van der Waals surface area contributed by atoms with E-state index in [2.05, 4.69) is 13.2 Å². The van der Waals surface area contributed by atoms with Crippen LogP contribution in [-0.4, -0.2) is 0 Å². The summed E-state index contributed by atoms with van der Waals surface area (Å²) >= 11 is 0. The van der Waals surface area contributed by atoms with Crippen LogP contribution in [-0.2, 0) is 0 Å². The Kier molecular flexibility index (Phi) is 4.28. The molecule has 0 heterocycles. The Bertz CT molecular complexity index is 214. The molecule has 0 fully saturated rings. The average molecular weight is 148 g/mol. The minimum atomic E-state index is 1.03. The molecule has 60 valence electrons. The lowest BCUT2D eigenvalue weighted by atomic mass is 10.0. The minimum Gasteiger partial charge on any atom is -0.0955 e. The van der Waals surface area contributed by atoms with Crippen LogP contribution < -0.4 is 0 Å². The van der Waals surface area contributed by atoms with E-state index < -0.39 is 0 Å². The summed E-state index contributed by atoms with van der Waals surface area (Å²) in [7, 11) is 0. The molecule has 0 heteroatoms. The molecule has 0 unspecified atom stereocenters. The maximum Gasteiger partial charge on any atom is -0.0276 e. The average Bonchev–Trinajstić information content (AvgIpc) is 1.98. The monoisotopic (exact) mass is 148 g/mol. The molecule has 0 aliphatic heterocycles. The standard InChI is InChI=1S/C11H16/c1-6-7-8-10(4)11(5)9(2)3/h6-8H,2,5H2,1,3-4H3/b7-6-,10-8-. The molecule has 0 aromatic carbocycles. The number of hydrogen-bond acceptors (Lipinski definition) is 0. The van der Waals surface area contributed by atoms with E-state index in [1.165, 1.54) is 5.57 Å². The first-order chi connectivity index (χ1) is 5.09. The van der Waals surface area contributed by atoms with Gasteiger partial charge in [0.05, 0.1) is 0 Å². The Labute approximate surface area is 69.6 Å². The number of rotatable bonds is 3. The van der Waals surface area contributed by atoms with Gasteiger partial charge in [-0.25, -0.2) is 0 Å². The molecular formula is C11H16. The molecule has 0 atom stereocenters. The zero-order valence-electron chi connectivity index (χ0n) is 7.65. The van der Waals surface area contributed by atoms with Crippen molar-refractivity contribution in [2.45, 2.75) is 20.8 Å². The summed E-state index contributed by atoms with van der Waals surface area (Å²) in [6, 6.07) is 0. The maximum absolute atomic E-state index is 3.91. The Morgan fingerprint density at radius 1 is 1.18 bits per heavy atom. The maximum atomic E-state index is 3.91. The van der Waals surface area contributed by atoms with Crippen molar-refractivity contribution in [3.05, 3.63) is 48.1 Å². The topological polar surface area (TPSA) is 0 Å². The predicted octanol–water partition coefficient (Wildman–Crippen LogP) is 3.64. The molecule has 0 spiro atoms. The first kappa shape index (κ1) is 9.96. The van der Waals surface area contributed by atoms with Crippen molar-refractivity contribution in [2.75, 3.05) is 0 Å². The van der Waals surface area contributed by atoms with Crippen molar-refractivity contribution in [1.82, 2.24) is 0 Å². The van der Waals surface area contributed by atoms with Crippen molar-refractivity contribution in [3.8, 4) is 0 Å². The predicted molar refractivity (Wildman–Crippen MR) is 52.5 cm³/mol. The smallest absolute Gasteiger partial charge is 0.0276 e. The third-order valence-corrected chi connectivity index (χ3v) is 1.53. The lowest BCUT2D eigenvalue weighted by Gasteiger charge is -2.02. The van der Waals surface area contributed by atoms with E-state index in [0.29, 0.717) is 0 Å². The molecule has 0 aromatic rings. The van der Waals surface area contributed by atoms with Gasteiger partial charge in [0.15, 0.2) is 0 Å². The van der Waals surface area contributed by atoms with Crippen LogP contribution in [0.5, 0.6) is 0 Å². The largest absolute Gasteiger partial charge is 0.0955 e. The van der Waals surface area contributed by atoms with Gasteiger partial charge >= 0.3 is 0 Å². The number of allylic oxidation sites excluding steroid dienone is 6. The van der Waals surface area contributed by atoms with Crippen molar-refractivity contribution < 1.29 is 0 Å². The second kappa shape index (κ2) is 4.73.